The predicted octanol–water partition coefficient (Wildman–Crippen LogP) is 6.25. The molecule has 0 spiro atoms. The Morgan fingerprint density at radius 3 is 2.33 bits per heavy atom. The first-order valence-electron chi connectivity index (χ1n) is 7.07. The molecule has 0 atom stereocenters. The van der Waals surface area contributed by atoms with Crippen molar-refractivity contribution < 1.29 is 0 Å². The number of nitrogens with zero attached hydrogens (tertiary/aromatic N) is 1. The molecule has 0 aromatic heterocycles. The molecule has 0 fully saturated rings. The van der Waals surface area contributed by atoms with E-state index in [1.807, 2.05) is 45.9 Å². The van der Waals surface area contributed by atoms with Crippen LogP contribution in [0, 0.1) is 6.57 Å². The Morgan fingerprint density at radius 2 is 1.78 bits per heavy atom. The molecule has 0 saturated carbocycles. The molecule has 1 aliphatic rings. The summed E-state index contributed by atoms with van der Waals surface area (Å²) in [4.78, 5) is 3.45. The lowest BCUT2D eigenvalue weighted by atomic mass is 9.93. The van der Waals surface area contributed by atoms with Crippen molar-refractivity contribution >= 4 is 11.3 Å². The fourth-order valence-electron chi connectivity index (χ4n) is 1.88. The van der Waals surface area contributed by atoms with Gasteiger partial charge >= 0.3 is 0 Å². The highest BCUT2D eigenvalue weighted by Gasteiger charge is 2.05. The van der Waals surface area contributed by atoms with Gasteiger partial charge in [0.1, 0.15) is 0 Å². The van der Waals surface area contributed by atoms with Crippen LogP contribution in [-0.2, 0) is 0 Å². The van der Waals surface area contributed by atoms with Crippen molar-refractivity contribution in [3.05, 3.63) is 47.3 Å². The van der Waals surface area contributed by atoms with Crippen molar-refractivity contribution in [2.45, 2.75) is 53.4 Å². The van der Waals surface area contributed by atoms with Gasteiger partial charge in [0.15, 0.2) is 5.69 Å². The maximum atomic E-state index is 6.96. The minimum atomic E-state index is 0.744. The van der Waals surface area contributed by atoms with Gasteiger partial charge in [-0.1, -0.05) is 52.0 Å². The molecule has 0 amide bonds. The number of rotatable bonds is 1. The lowest BCUT2D eigenvalue weighted by Crippen LogP contribution is -1.90. The van der Waals surface area contributed by atoms with Crippen LogP contribution in [0.5, 0.6) is 0 Å². The topological polar surface area (TPSA) is 4.36 Å². The zero-order valence-corrected chi connectivity index (χ0v) is 12.2. The van der Waals surface area contributed by atoms with E-state index in [-0.39, 0.29) is 0 Å². The molecule has 98 valence electrons. The van der Waals surface area contributed by atoms with Crippen LogP contribution in [0.15, 0.2) is 30.3 Å². The summed E-state index contributed by atoms with van der Waals surface area (Å²) in [5.41, 5.74) is 3.40. The monoisotopic (exact) mass is 243 g/mol. The molecule has 1 nitrogen and oxygen atoms in total. The van der Waals surface area contributed by atoms with Crippen LogP contribution >= 0.6 is 0 Å². The molecule has 0 N–H and O–H groups in total. The third-order valence-electron chi connectivity index (χ3n) is 2.64. The molecular weight excluding hydrogens is 218 g/mol. The van der Waals surface area contributed by atoms with E-state index in [4.69, 9.17) is 6.57 Å². The molecule has 0 saturated heterocycles. The van der Waals surface area contributed by atoms with Gasteiger partial charge in [-0.25, -0.2) is 4.85 Å². The summed E-state index contributed by atoms with van der Waals surface area (Å²) in [7, 11) is 0. The largest absolute Gasteiger partial charge is 0.238 e. The predicted molar refractivity (Wildman–Crippen MR) is 81.8 cm³/mol. The zero-order chi connectivity index (χ0) is 13.8. The molecule has 1 heteroatoms. The summed E-state index contributed by atoms with van der Waals surface area (Å²) in [6.45, 7) is 15.0. The molecule has 0 unspecified atom stereocenters. The maximum absolute atomic E-state index is 6.96. The van der Waals surface area contributed by atoms with Crippen molar-refractivity contribution in [1.29, 1.82) is 0 Å². The molecule has 1 aliphatic carbocycles. The number of allylic oxidation sites excluding steroid dienone is 2. The van der Waals surface area contributed by atoms with Crippen LogP contribution in [0.2, 0.25) is 0 Å². The fourth-order valence-corrected chi connectivity index (χ4v) is 1.88. The highest BCUT2D eigenvalue weighted by molar-refractivity contribution is 5.69. The van der Waals surface area contributed by atoms with Crippen molar-refractivity contribution in [2.24, 2.45) is 0 Å². The highest BCUT2D eigenvalue weighted by Crippen LogP contribution is 2.28. The summed E-state index contributed by atoms with van der Waals surface area (Å²) >= 11 is 0. The maximum Gasteiger partial charge on any atom is 0.187 e. The van der Waals surface area contributed by atoms with E-state index < -0.39 is 0 Å². The van der Waals surface area contributed by atoms with Crippen LogP contribution in [0.3, 0.4) is 0 Å². The van der Waals surface area contributed by atoms with E-state index in [9.17, 15) is 0 Å². The second kappa shape index (κ2) is 10.6. The molecule has 1 aromatic rings. The summed E-state index contributed by atoms with van der Waals surface area (Å²) in [6, 6.07) is 7.92. The molecular formula is C17H25N. The lowest BCUT2D eigenvalue weighted by molar-refractivity contribution is 0.742. The fraction of sp³-hybridized carbons (Fsp3) is 0.471. The first-order valence-corrected chi connectivity index (χ1v) is 7.07. The average molecular weight is 243 g/mol. The van der Waals surface area contributed by atoms with Crippen LogP contribution in [0.1, 0.15) is 58.9 Å². The van der Waals surface area contributed by atoms with Crippen LogP contribution in [0.4, 0.5) is 5.69 Å². The Hall–Kier alpha value is -1.55. The Balaban J connectivity index is 0.000000659. The summed E-state index contributed by atoms with van der Waals surface area (Å²) < 4.78 is 0. The molecule has 0 bridgehead atoms. The molecule has 18 heavy (non-hydrogen) atoms. The minimum Gasteiger partial charge on any atom is -0.238 e. The number of benzene rings is 1. The molecule has 0 radical (unpaired) electrons. The Morgan fingerprint density at radius 1 is 1.06 bits per heavy atom. The first-order chi connectivity index (χ1) is 8.90. The zero-order valence-electron chi connectivity index (χ0n) is 12.2. The summed E-state index contributed by atoms with van der Waals surface area (Å²) in [5, 5.41) is 0. The Labute approximate surface area is 112 Å². The van der Waals surface area contributed by atoms with Gasteiger partial charge < -0.3 is 0 Å². The summed E-state index contributed by atoms with van der Waals surface area (Å²) in [5.74, 6) is 0. The Bertz CT molecular complexity index is 396. The molecule has 1 aromatic carbocycles. The van der Waals surface area contributed by atoms with E-state index in [0.717, 1.165) is 5.69 Å². The minimum absolute atomic E-state index is 0.744. The van der Waals surface area contributed by atoms with Crippen LogP contribution < -0.4 is 0 Å². The van der Waals surface area contributed by atoms with Crippen molar-refractivity contribution in [2.75, 3.05) is 0 Å². The standard InChI is InChI=1S/C13H13N.2C2H6/c1-14-13-9-5-8-12(10-13)11-6-3-2-4-7-11;2*1-2/h5-6,8-10H,2-4,7H2;2*1-2H3. The first kappa shape index (κ1) is 16.4. The normalized spacial score (nSPS) is 12.9. The number of hydrogen-bond donors (Lipinski definition) is 0. The Kier molecular flexibility index (Phi) is 9.68. The van der Waals surface area contributed by atoms with E-state index >= 15 is 0 Å². The van der Waals surface area contributed by atoms with Gasteiger partial charge in [0.2, 0.25) is 0 Å². The second-order valence-corrected chi connectivity index (χ2v) is 3.64. The van der Waals surface area contributed by atoms with Crippen molar-refractivity contribution in [3.63, 3.8) is 0 Å². The van der Waals surface area contributed by atoms with Gasteiger partial charge in [0.25, 0.3) is 0 Å². The number of hydrogen-bond acceptors (Lipinski definition) is 0. The quantitative estimate of drug-likeness (QED) is 0.514. The molecule has 2 rings (SSSR count). The van der Waals surface area contributed by atoms with Gasteiger partial charge in [-0.2, -0.15) is 0 Å². The van der Waals surface area contributed by atoms with Gasteiger partial charge in [0, 0.05) is 0 Å². The van der Waals surface area contributed by atoms with Gasteiger partial charge in [0.05, 0.1) is 6.57 Å². The van der Waals surface area contributed by atoms with E-state index in [2.05, 4.69) is 17.0 Å². The van der Waals surface area contributed by atoms with Gasteiger partial charge in [-0.15, -0.1) is 0 Å². The smallest absolute Gasteiger partial charge is 0.187 e. The van der Waals surface area contributed by atoms with Crippen molar-refractivity contribution in [1.82, 2.24) is 0 Å². The highest BCUT2D eigenvalue weighted by atomic mass is 14.6. The van der Waals surface area contributed by atoms with Crippen LogP contribution in [-0.4, -0.2) is 0 Å². The van der Waals surface area contributed by atoms with Gasteiger partial charge in [-0.05, 0) is 42.9 Å². The lowest BCUT2D eigenvalue weighted by Gasteiger charge is -2.12. The summed E-state index contributed by atoms with van der Waals surface area (Å²) in [6.07, 6.45) is 7.27. The van der Waals surface area contributed by atoms with E-state index in [0.29, 0.717) is 0 Å². The molecule has 0 heterocycles. The van der Waals surface area contributed by atoms with E-state index in [1.165, 1.54) is 36.8 Å². The van der Waals surface area contributed by atoms with E-state index in [1.54, 1.807) is 0 Å². The van der Waals surface area contributed by atoms with Gasteiger partial charge in [-0.3, -0.25) is 0 Å². The van der Waals surface area contributed by atoms with Crippen LogP contribution in [0.25, 0.3) is 10.4 Å². The second-order valence-electron chi connectivity index (χ2n) is 3.64. The third-order valence-corrected chi connectivity index (χ3v) is 2.64. The van der Waals surface area contributed by atoms with Crippen molar-refractivity contribution in [3.8, 4) is 0 Å². The molecule has 0 aliphatic heterocycles. The SMILES string of the molecule is CC.CC.[C-]#[N+]c1cccc(C2=CCCCC2)c1. The average Bonchev–Trinajstić information content (AvgIpc) is 2.52. The third kappa shape index (κ3) is 5.19.